The van der Waals surface area contributed by atoms with E-state index in [2.05, 4.69) is 9.62 Å². The zero-order chi connectivity index (χ0) is 23.8. The van der Waals surface area contributed by atoms with Crippen LogP contribution in [0.25, 0.3) is 0 Å². The molecule has 4 rings (SSSR count). The number of rotatable bonds is 5. The molecule has 33 heavy (non-hydrogen) atoms. The van der Waals surface area contributed by atoms with Crippen LogP contribution in [0.4, 0.5) is 4.39 Å². The SMILES string of the molecule is Cc1cc(C)cc(S(=O)(=O)N[C@@H]2C[C@H](C(=O)N3CCN(C)CC3)[C@@H](c3ccc(F)cc3)C2)c1. The van der Waals surface area contributed by atoms with Crippen LogP contribution in [0.3, 0.4) is 0 Å². The van der Waals surface area contributed by atoms with Crippen LogP contribution in [0, 0.1) is 25.6 Å². The third-order valence-electron chi connectivity index (χ3n) is 6.82. The monoisotopic (exact) mass is 473 g/mol. The number of aryl methyl sites for hydroxylation is 2. The Labute approximate surface area is 195 Å². The van der Waals surface area contributed by atoms with Gasteiger partial charge in [-0.05, 0) is 80.6 Å². The molecule has 0 aromatic heterocycles. The first-order valence-electron chi connectivity index (χ1n) is 11.5. The number of carbonyl (C=O) groups is 1. The molecule has 0 unspecified atom stereocenters. The van der Waals surface area contributed by atoms with Gasteiger partial charge in [-0.1, -0.05) is 18.2 Å². The summed E-state index contributed by atoms with van der Waals surface area (Å²) in [6.07, 6.45) is 0.928. The number of halogens is 1. The molecule has 2 aromatic carbocycles. The molecular formula is C25H32FN3O3S. The van der Waals surface area contributed by atoms with Gasteiger partial charge in [0.25, 0.3) is 0 Å². The van der Waals surface area contributed by atoms with Crippen molar-refractivity contribution in [2.75, 3.05) is 33.2 Å². The van der Waals surface area contributed by atoms with E-state index >= 15 is 0 Å². The zero-order valence-electron chi connectivity index (χ0n) is 19.4. The highest BCUT2D eigenvalue weighted by Crippen LogP contribution is 2.41. The van der Waals surface area contributed by atoms with Crippen LogP contribution in [0.15, 0.2) is 47.4 Å². The van der Waals surface area contributed by atoms with E-state index in [1.807, 2.05) is 31.9 Å². The fourth-order valence-electron chi connectivity index (χ4n) is 5.12. The molecule has 3 atom stereocenters. The number of amides is 1. The number of nitrogens with one attached hydrogen (secondary N) is 1. The molecule has 1 saturated heterocycles. The summed E-state index contributed by atoms with van der Waals surface area (Å²) in [7, 11) is -1.69. The Balaban J connectivity index is 1.57. The van der Waals surface area contributed by atoms with Crippen LogP contribution in [0.5, 0.6) is 0 Å². The Morgan fingerprint density at radius 3 is 2.18 bits per heavy atom. The van der Waals surface area contributed by atoms with Crippen LogP contribution in [0.2, 0.25) is 0 Å². The topological polar surface area (TPSA) is 69.7 Å². The van der Waals surface area contributed by atoms with Gasteiger partial charge in [-0.25, -0.2) is 17.5 Å². The van der Waals surface area contributed by atoms with Crippen molar-refractivity contribution in [2.24, 2.45) is 5.92 Å². The van der Waals surface area contributed by atoms with Gasteiger partial charge in [0.2, 0.25) is 15.9 Å². The van der Waals surface area contributed by atoms with E-state index in [1.165, 1.54) is 12.1 Å². The average Bonchev–Trinajstić information content (AvgIpc) is 3.16. The van der Waals surface area contributed by atoms with Gasteiger partial charge in [-0.2, -0.15) is 0 Å². The van der Waals surface area contributed by atoms with E-state index in [1.54, 1.807) is 24.3 Å². The lowest BCUT2D eigenvalue weighted by molar-refractivity contribution is -0.137. The van der Waals surface area contributed by atoms with Crippen molar-refractivity contribution in [1.29, 1.82) is 0 Å². The van der Waals surface area contributed by atoms with E-state index < -0.39 is 10.0 Å². The van der Waals surface area contributed by atoms with Crippen LogP contribution in [-0.4, -0.2) is 63.4 Å². The molecule has 6 nitrogen and oxygen atoms in total. The molecule has 8 heteroatoms. The maximum absolute atomic E-state index is 13.5. The smallest absolute Gasteiger partial charge is 0.240 e. The largest absolute Gasteiger partial charge is 0.340 e. The minimum atomic E-state index is -3.72. The van der Waals surface area contributed by atoms with Gasteiger partial charge in [0.15, 0.2) is 0 Å². The van der Waals surface area contributed by atoms with E-state index in [9.17, 15) is 17.6 Å². The van der Waals surface area contributed by atoms with Crippen molar-refractivity contribution in [2.45, 2.75) is 43.5 Å². The van der Waals surface area contributed by atoms with E-state index in [4.69, 9.17) is 0 Å². The number of carbonyl (C=O) groups excluding carboxylic acids is 1. The van der Waals surface area contributed by atoms with Crippen molar-refractivity contribution in [1.82, 2.24) is 14.5 Å². The molecule has 0 spiro atoms. The minimum Gasteiger partial charge on any atom is -0.340 e. The lowest BCUT2D eigenvalue weighted by Gasteiger charge is -2.35. The highest BCUT2D eigenvalue weighted by molar-refractivity contribution is 7.89. The van der Waals surface area contributed by atoms with E-state index in [0.717, 1.165) is 29.8 Å². The Morgan fingerprint density at radius 1 is 0.970 bits per heavy atom. The molecule has 2 fully saturated rings. The summed E-state index contributed by atoms with van der Waals surface area (Å²) in [6.45, 7) is 6.72. The lowest BCUT2D eigenvalue weighted by Crippen LogP contribution is -2.49. The quantitative estimate of drug-likeness (QED) is 0.725. The van der Waals surface area contributed by atoms with Crippen LogP contribution in [0.1, 0.15) is 35.4 Å². The second-order valence-electron chi connectivity index (χ2n) is 9.51. The minimum absolute atomic E-state index is 0.0607. The third kappa shape index (κ3) is 5.45. The highest BCUT2D eigenvalue weighted by atomic mass is 32.2. The first-order valence-corrected chi connectivity index (χ1v) is 12.9. The highest BCUT2D eigenvalue weighted by Gasteiger charge is 2.43. The van der Waals surface area contributed by atoms with E-state index in [0.29, 0.717) is 25.9 Å². The number of benzene rings is 2. The molecule has 0 bridgehead atoms. The predicted octanol–water partition coefficient (Wildman–Crippen LogP) is 3.06. The van der Waals surface area contributed by atoms with Crippen molar-refractivity contribution in [3.05, 3.63) is 65.0 Å². The second-order valence-corrected chi connectivity index (χ2v) is 11.2. The molecule has 178 valence electrons. The number of hydrogen-bond acceptors (Lipinski definition) is 4. The van der Waals surface area contributed by atoms with Crippen molar-refractivity contribution >= 4 is 15.9 Å². The molecule has 0 radical (unpaired) electrons. The van der Waals surface area contributed by atoms with Crippen LogP contribution in [-0.2, 0) is 14.8 Å². The van der Waals surface area contributed by atoms with Crippen molar-refractivity contribution in [3.63, 3.8) is 0 Å². The summed E-state index contributed by atoms with van der Waals surface area (Å²) >= 11 is 0. The number of nitrogens with zero attached hydrogens (tertiary/aromatic N) is 2. The zero-order valence-corrected chi connectivity index (χ0v) is 20.2. The molecular weight excluding hydrogens is 441 g/mol. The van der Waals surface area contributed by atoms with Crippen LogP contribution < -0.4 is 4.72 Å². The number of likely N-dealkylation sites (N-methyl/N-ethyl adjacent to an activating group) is 1. The Kier molecular flexibility index (Phi) is 6.88. The third-order valence-corrected chi connectivity index (χ3v) is 8.32. The Hall–Kier alpha value is -2.29. The molecule has 1 heterocycles. The summed E-state index contributed by atoms with van der Waals surface area (Å²) in [4.78, 5) is 17.8. The Bertz CT molecular complexity index is 1090. The molecule has 1 N–H and O–H groups in total. The fourth-order valence-corrected chi connectivity index (χ4v) is 6.57. The molecule has 1 aliphatic heterocycles. The average molecular weight is 474 g/mol. The van der Waals surface area contributed by atoms with Crippen molar-refractivity contribution in [3.8, 4) is 0 Å². The van der Waals surface area contributed by atoms with Gasteiger partial charge < -0.3 is 9.80 Å². The second kappa shape index (κ2) is 9.52. The first-order chi connectivity index (χ1) is 15.6. The molecule has 2 aliphatic rings. The van der Waals surface area contributed by atoms with Gasteiger partial charge in [0, 0.05) is 38.1 Å². The normalized spacial score (nSPS) is 24.2. The summed E-state index contributed by atoms with van der Waals surface area (Å²) in [5.74, 6) is -0.771. The summed E-state index contributed by atoms with van der Waals surface area (Å²) < 4.78 is 42.7. The molecule has 1 saturated carbocycles. The van der Waals surface area contributed by atoms with Crippen molar-refractivity contribution < 1.29 is 17.6 Å². The lowest BCUT2D eigenvalue weighted by atomic mass is 9.88. The van der Waals surface area contributed by atoms with Crippen LogP contribution >= 0.6 is 0 Å². The standard InChI is InChI=1S/C25H32FN3O3S/c1-17-12-18(2)14-22(13-17)33(31,32)27-21-15-23(19-4-6-20(26)7-5-19)24(16-21)25(30)29-10-8-28(3)9-11-29/h4-7,12-14,21,23-24,27H,8-11,15-16H2,1-3H3/t21-,23+,24-/m0/s1. The van der Waals surface area contributed by atoms with Gasteiger partial charge in [-0.3, -0.25) is 4.79 Å². The first kappa shape index (κ1) is 23.9. The molecule has 1 amide bonds. The summed E-state index contributed by atoms with van der Waals surface area (Å²) in [6, 6.07) is 11.1. The number of piperazine rings is 1. The van der Waals surface area contributed by atoms with E-state index in [-0.39, 0.29) is 34.5 Å². The summed E-state index contributed by atoms with van der Waals surface area (Å²) in [5.41, 5.74) is 2.64. The van der Waals surface area contributed by atoms with Gasteiger partial charge in [0.05, 0.1) is 4.90 Å². The Morgan fingerprint density at radius 2 is 1.58 bits per heavy atom. The van der Waals surface area contributed by atoms with Gasteiger partial charge in [0.1, 0.15) is 5.82 Å². The molecule has 2 aromatic rings. The maximum atomic E-state index is 13.5. The van der Waals surface area contributed by atoms with Gasteiger partial charge >= 0.3 is 0 Å². The summed E-state index contributed by atoms with van der Waals surface area (Å²) in [5, 5.41) is 0. The molecule has 1 aliphatic carbocycles. The fraction of sp³-hybridized carbons (Fsp3) is 0.480. The maximum Gasteiger partial charge on any atom is 0.240 e. The van der Waals surface area contributed by atoms with Gasteiger partial charge in [-0.15, -0.1) is 0 Å². The number of hydrogen-bond donors (Lipinski definition) is 1. The predicted molar refractivity (Wildman–Crippen MR) is 126 cm³/mol. The number of sulfonamides is 1.